The fraction of sp³-hybridized carbons (Fsp3) is 0.800. The van der Waals surface area contributed by atoms with Crippen LogP contribution in [0.5, 0.6) is 0 Å². The zero-order valence-corrected chi connectivity index (χ0v) is 11.5. The minimum atomic E-state index is -0.262. The van der Waals surface area contributed by atoms with E-state index in [-0.39, 0.29) is 5.54 Å². The van der Waals surface area contributed by atoms with Crippen LogP contribution in [-0.4, -0.2) is 37.1 Å². The molecule has 1 saturated heterocycles. The number of rotatable bonds is 4. The van der Waals surface area contributed by atoms with Crippen molar-refractivity contribution in [2.45, 2.75) is 50.5 Å². The lowest BCUT2D eigenvalue weighted by molar-refractivity contribution is 0.196. The standard InChI is InChI=1S/C15H25N3/c1-18-11-8-15(13-16,9-12-18)17-10-7-14-5-3-2-4-6-14/h5,17H,2-4,6-12H2,1H3. The predicted molar refractivity (Wildman–Crippen MR) is 74.2 cm³/mol. The number of hydrogen-bond donors (Lipinski definition) is 1. The van der Waals surface area contributed by atoms with Gasteiger partial charge in [0.25, 0.3) is 0 Å². The van der Waals surface area contributed by atoms with Gasteiger partial charge in [0, 0.05) is 19.6 Å². The zero-order valence-electron chi connectivity index (χ0n) is 11.5. The van der Waals surface area contributed by atoms with Gasteiger partial charge >= 0.3 is 0 Å². The second kappa shape index (κ2) is 6.36. The third-order valence-corrected chi connectivity index (χ3v) is 4.35. The number of likely N-dealkylation sites (tertiary alicyclic amines) is 1. The molecule has 2 rings (SSSR count). The minimum Gasteiger partial charge on any atom is -0.306 e. The summed E-state index contributed by atoms with van der Waals surface area (Å²) < 4.78 is 0. The van der Waals surface area contributed by atoms with Gasteiger partial charge in [-0.25, -0.2) is 0 Å². The zero-order chi connectivity index (χ0) is 12.8. The van der Waals surface area contributed by atoms with E-state index < -0.39 is 0 Å². The lowest BCUT2D eigenvalue weighted by atomic mass is 9.88. The normalized spacial score (nSPS) is 24.3. The Kier molecular flexibility index (Phi) is 4.79. The van der Waals surface area contributed by atoms with Gasteiger partial charge in [-0.3, -0.25) is 5.32 Å². The highest BCUT2D eigenvalue weighted by Gasteiger charge is 2.32. The van der Waals surface area contributed by atoms with Crippen molar-refractivity contribution in [3.8, 4) is 6.07 Å². The van der Waals surface area contributed by atoms with E-state index in [0.717, 1.165) is 38.9 Å². The Balaban J connectivity index is 1.77. The molecule has 100 valence electrons. The molecule has 0 unspecified atom stereocenters. The third-order valence-electron chi connectivity index (χ3n) is 4.35. The summed E-state index contributed by atoms with van der Waals surface area (Å²) in [5.74, 6) is 0. The van der Waals surface area contributed by atoms with Gasteiger partial charge in [0.2, 0.25) is 0 Å². The molecule has 0 aromatic carbocycles. The van der Waals surface area contributed by atoms with Crippen LogP contribution in [0.2, 0.25) is 0 Å². The lowest BCUT2D eigenvalue weighted by Gasteiger charge is -2.36. The summed E-state index contributed by atoms with van der Waals surface area (Å²) in [6.07, 6.45) is 10.7. The van der Waals surface area contributed by atoms with Crippen LogP contribution < -0.4 is 5.32 Å². The van der Waals surface area contributed by atoms with Crippen molar-refractivity contribution in [1.82, 2.24) is 10.2 Å². The van der Waals surface area contributed by atoms with E-state index in [1.165, 1.54) is 25.7 Å². The van der Waals surface area contributed by atoms with Crippen molar-refractivity contribution in [2.24, 2.45) is 0 Å². The van der Waals surface area contributed by atoms with Crippen LogP contribution in [0.4, 0.5) is 0 Å². The maximum Gasteiger partial charge on any atom is 0.109 e. The molecule has 18 heavy (non-hydrogen) atoms. The SMILES string of the molecule is CN1CCC(C#N)(NCCC2=CCCCC2)CC1. The molecule has 0 radical (unpaired) electrons. The molecule has 1 N–H and O–H groups in total. The van der Waals surface area contributed by atoms with Gasteiger partial charge in [0.1, 0.15) is 5.54 Å². The molecule has 0 aromatic rings. The van der Waals surface area contributed by atoms with Crippen molar-refractivity contribution in [2.75, 3.05) is 26.7 Å². The maximum atomic E-state index is 9.42. The summed E-state index contributed by atoms with van der Waals surface area (Å²) in [4.78, 5) is 2.31. The molecule has 0 atom stereocenters. The molecule has 3 nitrogen and oxygen atoms in total. The first-order chi connectivity index (χ1) is 8.74. The second-order valence-electron chi connectivity index (χ2n) is 5.78. The second-order valence-corrected chi connectivity index (χ2v) is 5.78. The average molecular weight is 247 g/mol. The number of hydrogen-bond acceptors (Lipinski definition) is 3. The monoisotopic (exact) mass is 247 g/mol. The fourth-order valence-electron chi connectivity index (χ4n) is 2.92. The van der Waals surface area contributed by atoms with Crippen molar-refractivity contribution >= 4 is 0 Å². The molecule has 2 aliphatic rings. The molecule has 1 aliphatic carbocycles. The topological polar surface area (TPSA) is 39.1 Å². The highest BCUT2D eigenvalue weighted by molar-refractivity contribution is 5.11. The summed E-state index contributed by atoms with van der Waals surface area (Å²) in [5.41, 5.74) is 1.33. The van der Waals surface area contributed by atoms with Gasteiger partial charge in [-0.2, -0.15) is 5.26 Å². The van der Waals surface area contributed by atoms with E-state index >= 15 is 0 Å². The van der Waals surface area contributed by atoms with Crippen LogP contribution in [0.1, 0.15) is 44.9 Å². The molecular weight excluding hydrogens is 222 g/mol. The molecule has 1 fully saturated rings. The average Bonchev–Trinajstić information content (AvgIpc) is 2.43. The number of piperidine rings is 1. The Morgan fingerprint density at radius 1 is 1.39 bits per heavy atom. The summed E-state index contributed by atoms with van der Waals surface area (Å²) >= 11 is 0. The molecular formula is C15H25N3. The van der Waals surface area contributed by atoms with Crippen LogP contribution in [0.15, 0.2) is 11.6 Å². The first-order valence-corrected chi connectivity index (χ1v) is 7.27. The third kappa shape index (κ3) is 3.57. The maximum absolute atomic E-state index is 9.42. The van der Waals surface area contributed by atoms with E-state index in [0.29, 0.717) is 0 Å². The van der Waals surface area contributed by atoms with Gasteiger partial charge in [-0.05, 0) is 52.0 Å². The summed E-state index contributed by atoms with van der Waals surface area (Å²) in [5, 5.41) is 12.9. The Bertz CT molecular complexity index is 332. The van der Waals surface area contributed by atoms with Crippen LogP contribution in [0, 0.1) is 11.3 Å². The first-order valence-electron chi connectivity index (χ1n) is 7.27. The highest BCUT2D eigenvalue weighted by atomic mass is 15.1. The van der Waals surface area contributed by atoms with Gasteiger partial charge < -0.3 is 4.90 Å². The smallest absolute Gasteiger partial charge is 0.109 e. The largest absolute Gasteiger partial charge is 0.306 e. The Morgan fingerprint density at radius 2 is 2.17 bits per heavy atom. The van der Waals surface area contributed by atoms with E-state index in [2.05, 4.69) is 29.4 Å². The van der Waals surface area contributed by atoms with Crippen molar-refractivity contribution in [1.29, 1.82) is 5.26 Å². The Morgan fingerprint density at radius 3 is 2.78 bits per heavy atom. The van der Waals surface area contributed by atoms with Crippen molar-refractivity contribution in [3.05, 3.63) is 11.6 Å². The molecule has 0 saturated carbocycles. The quantitative estimate of drug-likeness (QED) is 0.776. The van der Waals surface area contributed by atoms with Gasteiger partial charge in [0.05, 0.1) is 6.07 Å². The fourth-order valence-corrected chi connectivity index (χ4v) is 2.92. The van der Waals surface area contributed by atoms with Crippen LogP contribution in [0.3, 0.4) is 0 Å². The molecule has 1 aliphatic heterocycles. The van der Waals surface area contributed by atoms with Crippen LogP contribution in [0.25, 0.3) is 0 Å². The lowest BCUT2D eigenvalue weighted by Crippen LogP contribution is -2.52. The van der Waals surface area contributed by atoms with E-state index in [1.807, 2.05) is 0 Å². The van der Waals surface area contributed by atoms with Crippen LogP contribution in [-0.2, 0) is 0 Å². The number of allylic oxidation sites excluding steroid dienone is 1. The highest BCUT2D eigenvalue weighted by Crippen LogP contribution is 2.23. The Hall–Kier alpha value is -0.850. The summed E-state index contributed by atoms with van der Waals surface area (Å²) in [6, 6.07) is 2.52. The summed E-state index contributed by atoms with van der Waals surface area (Å²) in [7, 11) is 2.13. The molecule has 0 bridgehead atoms. The molecule has 1 heterocycles. The minimum absolute atomic E-state index is 0.262. The van der Waals surface area contributed by atoms with Gasteiger partial charge in [0.15, 0.2) is 0 Å². The number of nitrogens with one attached hydrogen (secondary N) is 1. The van der Waals surface area contributed by atoms with Crippen LogP contribution >= 0.6 is 0 Å². The summed E-state index contributed by atoms with van der Waals surface area (Å²) in [6.45, 7) is 3.02. The van der Waals surface area contributed by atoms with Crippen molar-refractivity contribution in [3.63, 3.8) is 0 Å². The molecule has 0 amide bonds. The van der Waals surface area contributed by atoms with E-state index in [1.54, 1.807) is 5.57 Å². The van der Waals surface area contributed by atoms with E-state index in [9.17, 15) is 5.26 Å². The molecule has 0 aromatic heterocycles. The number of nitrogens with zero attached hydrogens (tertiary/aromatic N) is 2. The molecule has 0 spiro atoms. The van der Waals surface area contributed by atoms with Gasteiger partial charge in [-0.1, -0.05) is 11.6 Å². The molecule has 3 heteroatoms. The Labute approximate surface area is 111 Å². The first kappa shape index (κ1) is 13.6. The van der Waals surface area contributed by atoms with E-state index in [4.69, 9.17) is 0 Å². The number of nitriles is 1. The van der Waals surface area contributed by atoms with Gasteiger partial charge in [-0.15, -0.1) is 0 Å². The predicted octanol–water partition coefficient (Wildman–Crippen LogP) is 2.45. The van der Waals surface area contributed by atoms with Crippen molar-refractivity contribution < 1.29 is 0 Å².